The number of carbonyl (C=O) groups is 1. The lowest BCUT2D eigenvalue weighted by molar-refractivity contribution is -0.142. The molecule has 14 heteroatoms. The number of alkyl halides is 6. The van der Waals surface area contributed by atoms with Gasteiger partial charge in [0.05, 0.1) is 11.1 Å². The van der Waals surface area contributed by atoms with Crippen LogP contribution in [-0.4, -0.2) is 36.6 Å². The predicted molar refractivity (Wildman–Crippen MR) is 75.5 cm³/mol. The summed E-state index contributed by atoms with van der Waals surface area (Å²) in [5.41, 5.74) is -6.00. The zero-order valence-corrected chi connectivity index (χ0v) is 12.6. The number of aromatic nitrogens is 5. The van der Waals surface area contributed by atoms with Crippen LogP contribution in [0.15, 0.2) is 18.2 Å². The average Bonchev–Trinajstić information content (AvgIpc) is 3.05. The van der Waals surface area contributed by atoms with E-state index >= 15 is 0 Å². The van der Waals surface area contributed by atoms with Crippen LogP contribution in [0.3, 0.4) is 0 Å². The van der Waals surface area contributed by atoms with Crippen LogP contribution in [0.4, 0.5) is 32.3 Å². The van der Waals surface area contributed by atoms with Crippen LogP contribution >= 0.6 is 0 Å². The predicted octanol–water partition coefficient (Wildman–Crippen LogP) is 2.74. The van der Waals surface area contributed by atoms with Crippen LogP contribution in [0.2, 0.25) is 0 Å². The molecule has 27 heavy (non-hydrogen) atoms. The van der Waals surface area contributed by atoms with Gasteiger partial charge >= 0.3 is 12.4 Å². The molecule has 0 aliphatic carbocycles. The third-order valence-electron chi connectivity index (χ3n) is 3.37. The monoisotopic (exact) mass is 392 g/mol. The molecule has 0 bridgehead atoms. The zero-order chi connectivity index (χ0) is 20.0. The first kappa shape index (κ1) is 18.3. The standard InChI is InChI=1S/C13H6F6N6O2/c14-12(15,16)5-3-1-2-4-7(5)20-9(13(17,18)19)6(8(4)26)10(27)21-11-22-24-25-23-11/h1-3H,(H,20,26)(H2,21,22,23,24,25,27). The minimum atomic E-state index is -5.34. The summed E-state index contributed by atoms with van der Waals surface area (Å²) in [4.78, 5) is 15.2. The van der Waals surface area contributed by atoms with Gasteiger partial charge in [0.25, 0.3) is 5.91 Å². The maximum Gasteiger partial charge on any atom is 0.434 e. The first-order chi connectivity index (χ1) is 12.5. The molecular weight excluding hydrogens is 386 g/mol. The molecule has 3 aromatic rings. The van der Waals surface area contributed by atoms with Gasteiger partial charge in [-0.3, -0.25) is 10.1 Å². The van der Waals surface area contributed by atoms with Gasteiger partial charge in [0.1, 0.15) is 11.3 Å². The number of carbonyl (C=O) groups excluding carboxylic acids is 1. The van der Waals surface area contributed by atoms with E-state index in [2.05, 4.69) is 20.5 Å². The largest absolute Gasteiger partial charge is 0.506 e. The highest BCUT2D eigenvalue weighted by molar-refractivity contribution is 6.09. The van der Waals surface area contributed by atoms with E-state index < -0.39 is 57.7 Å². The molecule has 142 valence electrons. The Hall–Kier alpha value is -3.45. The number of H-pyrrole nitrogens is 1. The lowest BCUT2D eigenvalue weighted by atomic mass is 10.0. The number of fused-ring (bicyclic) bond motifs is 1. The van der Waals surface area contributed by atoms with Crippen molar-refractivity contribution < 1.29 is 36.2 Å². The summed E-state index contributed by atoms with van der Waals surface area (Å²) in [5.74, 6) is -3.29. The van der Waals surface area contributed by atoms with Gasteiger partial charge in [-0.25, -0.2) is 10.1 Å². The molecular formula is C13H6F6N6O2. The second-order valence-electron chi connectivity index (χ2n) is 5.09. The first-order valence-electron chi connectivity index (χ1n) is 6.85. The number of tetrazole rings is 1. The van der Waals surface area contributed by atoms with E-state index in [0.717, 1.165) is 12.1 Å². The fraction of sp³-hybridized carbons (Fsp3) is 0.154. The zero-order valence-electron chi connectivity index (χ0n) is 12.6. The summed E-state index contributed by atoms with van der Waals surface area (Å²) in [5, 5.41) is 22.8. The summed E-state index contributed by atoms with van der Waals surface area (Å²) in [6, 6.07) is 2.27. The number of anilines is 1. The molecule has 1 aromatic carbocycles. The summed E-state index contributed by atoms with van der Waals surface area (Å²) in [6.07, 6.45) is -10.4. The van der Waals surface area contributed by atoms with Crippen LogP contribution in [0.5, 0.6) is 5.75 Å². The topological polar surface area (TPSA) is 117 Å². The van der Waals surface area contributed by atoms with E-state index in [-0.39, 0.29) is 0 Å². The van der Waals surface area contributed by atoms with Crippen molar-refractivity contribution in [3.05, 3.63) is 35.0 Å². The van der Waals surface area contributed by atoms with Gasteiger partial charge in [-0.1, -0.05) is 11.2 Å². The van der Waals surface area contributed by atoms with E-state index in [1.54, 1.807) is 0 Å². The van der Waals surface area contributed by atoms with Gasteiger partial charge < -0.3 is 5.11 Å². The second-order valence-corrected chi connectivity index (χ2v) is 5.09. The molecule has 0 atom stereocenters. The molecule has 0 spiro atoms. The van der Waals surface area contributed by atoms with E-state index in [1.807, 2.05) is 10.4 Å². The highest BCUT2D eigenvalue weighted by Crippen LogP contribution is 2.42. The fourth-order valence-electron chi connectivity index (χ4n) is 2.30. The van der Waals surface area contributed by atoms with Crippen molar-refractivity contribution in [2.24, 2.45) is 0 Å². The second kappa shape index (κ2) is 6.07. The highest BCUT2D eigenvalue weighted by Gasteiger charge is 2.42. The molecule has 0 aliphatic heterocycles. The van der Waals surface area contributed by atoms with Crippen molar-refractivity contribution in [1.29, 1.82) is 0 Å². The number of aromatic hydroxyl groups is 1. The molecule has 0 saturated heterocycles. The SMILES string of the molecule is O=C(Nc1nnn[nH]1)c1c(C(F)(F)F)nc2c(C(F)(F)F)cccc2c1O. The quantitative estimate of drug-likeness (QED) is 0.578. The lowest BCUT2D eigenvalue weighted by Gasteiger charge is -2.17. The number of amides is 1. The summed E-state index contributed by atoms with van der Waals surface area (Å²) in [7, 11) is 0. The third kappa shape index (κ3) is 3.32. The van der Waals surface area contributed by atoms with Gasteiger partial charge in [0.15, 0.2) is 5.69 Å². The van der Waals surface area contributed by atoms with Crippen LogP contribution in [0.25, 0.3) is 10.9 Å². The van der Waals surface area contributed by atoms with Crippen LogP contribution in [-0.2, 0) is 12.4 Å². The minimum Gasteiger partial charge on any atom is -0.506 e. The Kier molecular flexibility index (Phi) is 4.12. The molecule has 0 radical (unpaired) electrons. The van der Waals surface area contributed by atoms with Crippen molar-refractivity contribution in [2.45, 2.75) is 12.4 Å². The molecule has 0 saturated carbocycles. The van der Waals surface area contributed by atoms with Crippen LogP contribution in [0, 0.1) is 0 Å². The number of rotatable bonds is 2. The number of hydrogen-bond acceptors (Lipinski definition) is 6. The maximum atomic E-state index is 13.3. The van der Waals surface area contributed by atoms with Crippen molar-refractivity contribution in [2.75, 3.05) is 5.32 Å². The van der Waals surface area contributed by atoms with E-state index in [4.69, 9.17) is 0 Å². The van der Waals surface area contributed by atoms with Crippen LogP contribution < -0.4 is 5.32 Å². The van der Waals surface area contributed by atoms with Crippen LogP contribution in [0.1, 0.15) is 21.6 Å². The van der Waals surface area contributed by atoms with Crippen molar-refractivity contribution >= 4 is 22.8 Å². The van der Waals surface area contributed by atoms with Gasteiger partial charge in [-0.15, -0.1) is 0 Å². The number of benzene rings is 1. The number of hydrogen-bond donors (Lipinski definition) is 3. The Bertz CT molecular complexity index is 1010. The Morgan fingerprint density at radius 1 is 1.11 bits per heavy atom. The number of nitrogens with one attached hydrogen (secondary N) is 2. The average molecular weight is 392 g/mol. The Balaban J connectivity index is 2.30. The molecule has 3 rings (SSSR count). The number of aromatic amines is 1. The Morgan fingerprint density at radius 3 is 2.37 bits per heavy atom. The number of para-hydroxylation sites is 1. The Morgan fingerprint density at radius 2 is 1.81 bits per heavy atom. The third-order valence-corrected chi connectivity index (χ3v) is 3.37. The van der Waals surface area contributed by atoms with Crippen molar-refractivity contribution in [1.82, 2.24) is 25.6 Å². The summed E-state index contributed by atoms with van der Waals surface area (Å²) >= 11 is 0. The van der Waals surface area contributed by atoms with Crippen molar-refractivity contribution in [3.63, 3.8) is 0 Å². The van der Waals surface area contributed by atoms with Gasteiger partial charge in [-0.05, 0) is 22.6 Å². The number of pyridine rings is 1. The molecule has 0 aliphatic rings. The highest BCUT2D eigenvalue weighted by atomic mass is 19.4. The van der Waals surface area contributed by atoms with Crippen molar-refractivity contribution in [3.8, 4) is 5.75 Å². The smallest absolute Gasteiger partial charge is 0.434 e. The molecule has 0 fully saturated rings. The fourth-order valence-corrected chi connectivity index (χ4v) is 2.30. The molecule has 2 aromatic heterocycles. The lowest BCUT2D eigenvalue weighted by Crippen LogP contribution is -2.22. The van der Waals surface area contributed by atoms with E-state index in [9.17, 15) is 36.2 Å². The van der Waals surface area contributed by atoms with Gasteiger partial charge in [0, 0.05) is 5.39 Å². The van der Waals surface area contributed by atoms with E-state index in [0.29, 0.717) is 6.07 Å². The molecule has 1 amide bonds. The maximum absolute atomic E-state index is 13.3. The number of halogens is 6. The summed E-state index contributed by atoms with van der Waals surface area (Å²) in [6.45, 7) is 0. The first-order valence-corrected chi connectivity index (χ1v) is 6.85. The summed E-state index contributed by atoms with van der Waals surface area (Å²) < 4.78 is 79.3. The molecule has 8 nitrogen and oxygen atoms in total. The molecule has 3 N–H and O–H groups in total. The minimum absolute atomic E-state index is 0.448. The number of nitrogens with zero attached hydrogens (tertiary/aromatic N) is 4. The normalized spacial score (nSPS) is 12.4. The Labute approximate surface area is 144 Å². The van der Waals surface area contributed by atoms with Gasteiger partial charge in [-0.2, -0.15) is 26.3 Å². The van der Waals surface area contributed by atoms with E-state index in [1.165, 1.54) is 0 Å². The molecule has 0 unspecified atom stereocenters. The van der Waals surface area contributed by atoms with Gasteiger partial charge in [0.2, 0.25) is 5.95 Å². The molecule has 2 heterocycles.